The average Bonchev–Trinajstić information content (AvgIpc) is 3.40. The van der Waals surface area contributed by atoms with Crippen LogP contribution in [0.2, 0.25) is 5.02 Å². The summed E-state index contributed by atoms with van der Waals surface area (Å²) in [4.78, 5) is 30.0. The standard InChI is InChI=1S/C18H14ClN5O2S2/c19-13-4-2-1-3-10(13)9-21-14(25)8-11-7-12-15(23-24-17(12)28-11)22-16(26)18-20-5-6-27-18/h1-7H,8-9H2,(H,21,25)(H2,22,23,24,26). The van der Waals surface area contributed by atoms with Gasteiger partial charge >= 0.3 is 0 Å². The summed E-state index contributed by atoms with van der Waals surface area (Å²) in [5, 5.41) is 16.1. The Labute approximate surface area is 172 Å². The van der Waals surface area contributed by atoms with Crippen molar-refractivity contribution in [1.29, 1.82) is 0 Å². The van der Waals surface area contributed by atoms with Crippen LogP contribution >= 0.6 is 34.3 Å². The lowest BCUT2D eigenvalue weighted by Crippen LogP contribution is -2.24. The van der Waals surface area contributed by atoms with E-state index in [0.717, 1.165) is 20.7 Å². The molecule has 4 rings (SSSR count). The van der Waals surface area contributed by atoms with E-state index in [9.17, 15) is 9.59 Å². The number of amides is 2. The van der Waals surface area contributed by atoms with Crippen LogP contribution in [0.3, 0.4) is 0 Å². The number of halogens is 1. The van der Waals surface area contributed by atoms with Gasteiger partial charge in [0.05, 0.1) is 11.8 Å². The second-order valence-corrected chi connectivity index (χ2v) is 8.28. The van der Waals surface area contributed by atoms with Crippen molar-refractivity contribution in [3.05, 3.63) is 62.4 Å². The first-order chi connectivity index (χ1) is 13.6. The maximum atomic E-state index is 12.3. The predicted octanol–water partition coefficient (Wildman–Crippen LogP) is 3.85. The number of nitrogens with zero attached hydrogens (tertiary/aromatic N) is 2. The van der Waals surface area contributed by atoms with Crippen molar-refractivity contribution >= 4 is 62.1 Å². The van der Waals surface area contributed by atoms with Crippen LogP contribution in [0, 0.1) is 0 Å². The Morgan fingerprint density at radius 1 is 1.25 bits per heavy atom. The van der Waals surface area contributed by atoms with Crippen LogP contribution in [-0.2, 0) is 17.8 Å². The minimum absolute atomic E-state index is 0.110. The van der Waals surface area contributed by atoms with Crippen LogP contribution in [0.5, 0.6) is 0 Å². The smallest absolute Gasteiger partial charge is 0.285 e. The molecule has 10 heteroatoms. The summed E-state index contributed by atoms with van der Waals surface area (Å²) in [5.74, 6) is 0.0844. The van der Waals surface area contributed by atoms with E-state index in [0.29, 0.717) is 22.4 Å². The zero-order valence-corrected chi connectivity index (χ0v) is 16.7. The van der Waals surface area contributed by atoms with E-state index in [1.165, 1.54) is 22.7 Å². The summed E-state index contributed by atoms with van der Waals surface area (Å²) in [5.41, 5.74) is 0.867. The first kappa shape index (κ1) is 18.6. The summed E-state index contributed by atoms with van der Waals surface area (Å²) in [6.07, 6.45) is 1.80. The molecule has 0 bridgehead atoms. The van der Waals surface area contributed by atoms with Crippen molar-refractivity contribution in [2.75, 3.05) is 5.32 Å². The van der Waals surface area contributed by atoms with Gasteiger partial charge in [0.1, 0.15) is 10.6 Å². The van der Waals surface area contributed by atoms with E-state index in [1.54, 1.807) is 17.6 Å². The van der Waals surface area contributed by atoms with E-state index >= 15 is 0 Å². The summed E-state index contributed by atoms with van der Waals surface area (Å²) in [7, 11) is 0. The molecule has 28 heavy (non-hydrogen) atoms. The average molecular weight is 432 g/mol. The number of benzene rings is 1. The summed E-state index contributed by atoms with van der Waals surface area (Å²) in [6, 6.07) is 9.25. The number of thiophene rings is 1. The molecule has 0 fully saturated rings. The molecule has 0 saturated carbocycles. The number of anilines is 1. The van der Waals surface area contributed by atoms with E-state index in [-0.39, 0.29) is 18.2 Å². The maximum Gasteiger partial charge on any atom is 0.285 e. The summed E-state index contributed by atoms with van der Waals surface area (Å²) < 4.78 is 0. The fraction of sp³-hybridized carbons (Fsp3) is 0.111. The second kappa shape index (κ2) is 8.09. The summed E-state index contributed by atoms with van der Waals surface area (Å²) >= 11 is 8.76. The first-order valence-electron chi connectivity index (χ1n) is 8.28. The molecule has 0 aliphatic carbocycles. The number of rotatable bonds is 6. The molecule has 1 aromatic carbocycles. The Bertz CT molecular complexity index is 1140. The van der Waals surface area contributed by atoms with Gasteiger partial charge in [-0.2, -0.15) is 5.10 Å². The van der Waals surface area contributed by atoms with E-state index in [2.05, 4.69) is 25.8 Å². The highest BCUT2D eigenvalue weighted by Gasteiger charge is 2.16. The molecule has 0 aliphatic rings. The van der Waals surface area contributed by atoms with Crippen LogP contribution in [0.1, 0.15) is 20.2 Å². The van der Waals surface area contributed by atoms with Crippen molar-refractivity contribution in [3.63, 3.8) is 0 Å². The highest BCUT2D eigenvalue weighted by Crippen LogP contribution is 2.30. The monoisotopic (exact) mass is 431 g/mol. The minimum Gasteiger partial charge on any atom is -0.352 e. The van der Waals surface area contributed by atoms with E-state index in [4.69, 9.17) is 11.6 Å². The van der Waals surface area contributed by atoms with Crippen molar-refractivity contribution < 1.29 is 9.59 Å². The van der Waals surface area contributed by atoms with Crippen molar-refractivity contribution in [2.24, 2.45) is 0 Å². The van der Waals surface area contributed by atoms with Crippen LogP contribution in [0.25, 0.3) is 10.2 Å². The molecule has 7 nitrogen and oxygen atoms in total. The van der Waals surface area contributed by atoms with Gasteiger partial charge in [-0.15, -0.1) is 22.7 Å². The van der Waals surface area contributed by atoms with Crippen molar-refractivity contribution in [2.45, 2.75) is 13.0 Å². The molecule has 3 N–H and O–H groups in total. The van der Waals surface area contributed by atoms with Gasteiger partial charge < -0.3 is 10.6 Å². The Morgan fingerprint density at radius 3 is 2.89 bits per heavy atom. The largest absolute Gasteiger partial charge is 0.352 e. The highest BCUT2D eigenvalue weighted by molar-refractivity contribution is 7.18. The third-order valence-corrected chi connectivity index (χ3v) is 6.11. The lowest BCUT2D eigenvalue weighted by atomic mass is 10.2. The maximum absolute atomic E-state index is 12.3. The molecular weight excluding hydrogens is 418 g/mol. The Hall–Kier alpha value is -2.75. The normalized spacial score (nSPS) is 10.9. The van der Waals surface area contributed by atoms with Crippen LogP contribution in [-0.4, -0.2) is 27.0 Å². The first-order valence-corrected chi connectivity index (χ1v) is 10.4. The number of hydrogen-bond acceptors (Lipinski definition) is 6. The van der Waals surface area contributed by atoms with Gasteiger partial charge in [0.2, 0.25) is 5.91 Å². The highest BCUT2D eigenvalue weighted by atomic mass is 35.5. The molecular formula is C18H14ClN5O2S2. The lowest BCUT2D eigenvalue weighted by molar-refractivity contribution is -0.120. The number of H-pyrrole nitrogens is 1. The molecule has 3 heterocycles. The van der Waals surface area contributed by atoms with Gasteiger partial charge in [-0.05, 0) is 17.7 Å². The molecule has 0 spiro atoms. The molecule has 2 amide bonds. The summed E-state index contributed by atoms with van der Waals surface area (Å²) in [6.45, 7) is 0.372. The predicted molar refractivity (Wildman–Crippen MR) is 111 cm³/mol. The topological polar surface area (TPSA) is 99.8 Å². The van der Waals surface area contributed by atoms with Crippen LogP contribution in [0.4, 0.5) is 5.82 Å². The van der Waals surface area contributed by atoms with Gasteiger partial charge in [-0.25, -0.2) is 4.98 Å². The van der Waals surface area contributed by atoms with Gasteiger partial charge in [-0.3, -0.25) is 14.7 Å². The van der Waals surface area contributed by atoms with E-state index in [1.807, 2.05) is 24.3 Å². The van der Waals surface area contributed by atoms with Crippen molar-refractivity contribution in [3.8, 4) is 0 Å². The van der Waals surface area contributed by atoms with Gasteiger partial charge in [0.25, 0.3) is 5.91 Å². The number of thiazole rings is 1. The Balaban J connectivity index is 1.41. The zero-order chi connectivity index (χ0) is 19.5. The molecule has 0 saturated heterocycles. The Kier molecular flexibility index (Phi) is 5.38. The number of aromatic amines is 1. The van der Waals surface area contributed by atoms with Crippen LogP contribution < -0.4 is 10.6 Å². The van der Waals surface area contributed by atoms with Crippen LogP contribution in [0.15, 0.2) is 41.9 Å². The fourth-order valence-corrected chi connectivity index (χ4v) is 4.33. The van der Waals surface area contributed by atoms with Gasteiger partial charge in [0, 0.05) is 28.0 Å². The number of carbonyl (C=O) groups is 2. The molecule has 0 unspecified atom stereocenters. The zero-order valence-electron chi connectivity index (χ0n) is 14.4. The van der Waals surface area contributed by atoms with Gasteiger partial charge in [-0.1, -0.05) is 29.8 Å². The third-order valence-electron chi connectivity index (χ3n) is 3.94. The molecule has 0 aliphatic heterocycles. The lowest BCUT2D eigenvalue weighted by Gasteiger charge is -2.06. The number of fused-ring (bicyclic) bond motifs is 1. The number of hydrogen-bond donors (Lipinski definition) is 3. The molecule has 4 aromatic rings. The number of nitrogens with one attached hydrogen (secondary N) is 3. The van der Waals surface area contributed by atoms with Gasteiger partial charge in [0.15, 0.2) is 5.01 Å². The number of aromatic nitrogens is 3. The molecule has 0 radical (unpaired) electrons. The minimum atomic E-state index is -0.300. The Morgan fingerprint density at radius 2 is 2.11 bits per heavy atom. The molecule has 3 aromatic heterocycles. The number of carbonyl (C=O) groups excluding carboxylic acids is 2. The van der Waals surface area contributed by atoms with Crippen molar-refractivity contribution in [1.82, 2.24) is 20.5 Å². The SMILES string of the molecule is O=C(Cc1cc2c(NC(=O)c3nccs3)[nH]nc2s1)NCc1ccccc1Cl. The molecule has 0 atom stereocenters. The molecule has 142 valence electrons. The quantitative estimate of drug-likeness (QED) is 0.431. The van der Waals surface area contributed by atoms with E-state index < -0.39 is 0 Å². The second-order valence-electron chi connectivity index (χ2n) is 5.87. The third kappa shape index (κ3) is 4.06. The fourth-order valence-electron chi connectivity index (χ4n) is 2.60.